The highest BCUT2D eigenvalue weighted by Gasteiger charge is 2.22. The summed E-state index contributed by atoms with van der Waals surface area (Å²) in [5.41, 5.74) is -1.75. The third-order valence-corrected chi connectivity index (χ3v) is 3.32. The average Bonchev–Trinajstić information content (AvgIpc) is 2.48. The van der Waals surface area contributed by atoms with Gasteiger partial charge in [0.2, 0.25) is 0 Å². The Balaban J connectivity index is 2.76. The van der Waals surface area contributed by atoms with Gasteiger partial charge in [-0.3, -0.25) is 9.59 Å². The highest BCUT2D eigenvalue weighted by molar-refractivity contribution is 6.15. The lowest BCUT2D eigenvalue weighted by Gasteiger charge is -2.10. The van der Waals surface area contributed by atoms with E-state index in [1.807, 2.05) is 0 Å². The number of rotatable bonds is 2. The minimum Gasteiger partial charge on any atom is -0.506 e. The van der Waals surface area contributed by atoms with Gasteiger partial charge in [-0.25, -0.2) is 4.79 Å². The van der Waals surface area contributed by atoms with Gasteiger partial charge >= 0.3 is 5.63 Å². The van der Waals surface area contributed by atoms with Gasteiger partial charge in [-0.1, -0.05) is 18.2 Å². The van der Waals surface area contributed by atoms with Crippen LogP contribution in [0.15, 0.2) is 33.5 Å². The molecule has 2 N–H and O–H groups in total. The van der Waals surface area contributed by atoms with Crippen molar-refractivity contribution in [3.63, 3.8) is 0 Å². The SMILES string of the molecule is O=Cc1c(O)c(C=O)c2oc(=O)c3ccccc3c2c1O. The maximum absolute atomic E-state index is 11.9. The van der Waals surface area contributed by atoms with Crippen molar-refractivity contribution in [3.8, 4) is 11.5 Å². The van der Waals surface area contributed by atoms with Gasteiger partial charge in [-0.2, -0.15) is 0 Å². The normalized spacial score (nSPS) is 10.9. The number of aldehydes is 2. The van der Waals surface area contributed by atoms with E-state index in [0.29, 0.717) is 5.39 Å². The van der Waals surface area contributed by atoms with Crippen molar-refractivity contribution in [1.29, 1.82) is 0 Å². The first-order valence-electron chi connectivity index (χ1n) is 5.94. The largest absolute Gasteiger partial charge is 0.506 e. The summed E-state index contributed by atoms with van der Waals surface area (Å²) in [4.78, 5) is 34.1. The van der Waals surface area contributed by atoms with Crippen LogP contribution in [0.25, 0.3) is 21.7 Å². The van der Waals surface area contributed by atoms with Crippen molar-refractivity contribution in [3.05, 3.63) is 45.8 Å². The van der Waals surface area contributed by atoms with E-state index in [9.17, 15) is 24.6 Å². The zero-order valence-electron chi connectivity index (χ0n) is 10.5. The molecular weight excluding hydrogens is 276 g/mol. The van der Waals surface area contributed by atoms with Crippen LogP contribution in [0.2, 0.25) is 0 Å². The molecule has 0 radical (unpaired) electrons. The smallest absolute Gasteiger partial charge is 0.344 e. The lowest BCUT2D eigenvalue weighted by Crippen LogP contribution is -2.02. The van der Waals surface area contributed by atoms with Gasteiger partial charge in [0.15, 0.2) is 18.2 Å². The molecule has 21 heavy (non-hydrogen) atoms. The van der Waals surface area contributed by atoms with E-state index >= 15 is 0 Å². The van der Waals surface area contributed by atoms with Gasteiger partial charge in [0, 0.05) is 5.39 Å². The number of fused-ring (bicyclic) bond motifs is 3. The van der Waals surface area contributed by atoms with Crippen molar-refractivity contribution < 1.29 is 24.2 Å². The van der Waals surface area contributed by atoms with E-state index < -0.39 is 22.7 Å². The Labute approximate surface area is 116 Å². The number of hydrogen-bond acceptors (Lipinski definition) is 6. The Morgan fingerprint density at radius 3 is 2.14 bits per heavy atom. The number of phenolic OH excluding ortho intramolecular Hbond substituents is 2. The minimum absolute atomic E-state index is 0.0344. The van der Waals surface area contributed by atoms with Crippen LogP contribution >= 0.6 is 0 Å². The molecule has 3 rings (SSSR count). The van der Waals surface area contributed by atoms with Crippen LogP contribution in [0.3, 0.4) is 0 Å². The number of aromatic hydroxyl groups is 2. The molecule has 0 saturated heterocycles. The van der Waals surface area contributed by atoms with Crippen molar-refractivity contribution in [2.24, 2.45) is 0 Å². The minimum atomic E-state index is -0.719. The van der Waals surface area contributed by atoms with E-state index in [1.54, 1.807) is 18.2 Å². The van der Waals surface area contributed by atoms with Crippen LogP contribution < -0.4 is 5.63 Å². The fourth-order valence-corrected chi connectivity index (χ4v) is 2.35. The van der Waals surface area contributed by atoms with Gasteiger partial charge in [0.05, 0.1) is 16.3 Å². The summed E-state index contributed by atoms with van der Waals surface area (Å²) in [7, 11) is 0. The molecule has 2 aromatic carbocycles. The molecule has 0 saturated carbocycles. The van der Waals surface area contributed by atoms with Crippen molar-refractivity contribution in [2.75, 3.05) is 0 Å². The molecule has 0 aliphatic rings. The summed E-state index contributed by atoms with van der Waals surface area (Å²) in [6.07, 6.45) is 0.499. The number of phenols is 2. The van der Waals surface area contributed by atoms with Crippen LogP contribution in [0, 0.1) is 0 Å². The van der Waals surface area contributed by atoms with Gasteiger partial charge in [0.1, 0.15) is 17.1 Å². The molecule has 6 nitrogen and oxygen atoms in total. The summed E-state index contributed by atoms with van der Waals surface area (Å²) in [5, 5.41) is 20.6. The first-order chi connectivity index (χ1) is 10.1. The Morgan fingerprint density at radius 1 is 0.905 bits per heavy atom. The molecule has 6 heteroatoms. The summed E-state index contributed by atoms with van der Waals surface area (Å²) < 4.78 is 5.04. The molecule has 1 aromatic heterocycles. The highest BCUT2D eigenvalue weighted by atomic mass is 16.4. The molecule has 0 aliphatic heterocycles. The molecule has 0 spiro atoms. The van der Waals surface area contributed by atoms with Crippen molar-refractivity contribution >= 4 is 34.3 Å². The molecule has 3 aromatic rings. The Hall–Kier alpha value is -3.15. The Kier molecular flexibility index (Phi) is 2.72. The van der Waals surface area contributed by atoms with Gasteiger partial charge < -0.3 is 14.6 Å². The predicted octanol–water partition coefficient (Wildman–Crippen LogP) is 1.98. The maximum Gasteiger partial charge on any atom is 0.344 e. The lowest BCUT2D eigenvalue weighted by molar-refractivity contribution is 0.111. The third kappa shape index (κ3) is 1.62. The molecule has 0 amide bonds. The molecular formula is C15H8O6. The molecule has 104 valence electrons. The van der Waals surface area contributed by atoms with E-state index in [1.165, 1.54) is 6.07 Å². The zero-order valence-corrected chi connectivity index (χ0v) is 10.5. The second kappa shape index (κ2) is 4.45. The highest BCUT2D eigenvalue weighted by Crippen LogP contribution is 2.40. The van der Waals surface area contributed by atoms with Crippen LogP contribution in [0.4, 0.5) is 0 Å². The maximum atomic E-state index is 11.9. The van der Waals surface area contributed by atoms with Crippen molar-refractivity contribution in [2.45, 2.75) is 0 Å². The monoisotopic (exact) mass is 284 g/mol. The standard InChI is InChI=1S/C15H8O6/c16-5-9-12(18)10(6-17)14-11(13(9)19)7-3-1-2-4-8(7)15(20)21-14/h1-6,18-19H. The van der Waals surface area contributed by atoms with Crippen LogP contribution in [0.1, 0.15) is 20.7 Å². The van der Waals surface area contributed by atoms with Crippen LogP contribution in [-0.2, 0) is 0 Å². The second-order valence-corrected chi connectivity index (χ2v) is 4.40. The first-order valence-corrected chi connectivity index (χ1v) is 5.94. The molecule has 0 bridgehead atoms. The topological polar surface area (TPSA) is 105 Å². The van der Waals surface area contributed by atoms with E-state index in [4.69, 9.17) is 4.42 Å². The molecule has 0 fully saturated rings. The number of carbonyl (C=O) groups is 2. The van der Waals surface area contributed by atoms with Crippen LogP contribution in [0.5, 0.6) is 11.5 Å². The van der Waals surface area contributed by atoms with Gasteiger partial charge in [-0.05, 0) is 6.07 Å². The fourth-order valence-electron chi connectivity index (χ4n) is 2.35. The fraction of sp³-hybridized carbons (Fsp3) is 0. The van der Waals surface area contributed by atoms with Gasteiger partial charge in [-0.15, -0.1) is 0 Å². The second-order valence-electron chi connectivity index (χ2n) is 4.40. The van der Waals surface area contributed by atoms with Crippen molar-refractivity contribution in [1.82, 2.24) is 0 Å². The number of hydrogen-bond donors (Lipinski definition) is 2. The molecule has 0 aliphatic carbocycles. The zero-order chi connectivity index (χ0) is 15.1. The third-order valence-electron chi connectivity index (χ3n) is 3.32. The molecule has 1 heterocycles. The number of carbonyl (C=O) groups excluding carboxylic acids is 2. The van der Waals surface area contributed by atoms with E-state index in [0.717, 1.165) is 0 Å². The number of benzene rings is 2. The van der Waals surface area contributed by atoms with E-state index in [2.05, 4.69) is 0 Å². The summed E-state index contributed by atoms with van der Waals surface area (Å²) >= 11 is 0. The Morgan fingerprint density at radius 2 is 1.52 bits per heavy atom. The quantitative estimate of drug-likeness (QED) is 0.423. The predicted molar refractivity (Wildman–Crippen MR) is 74.1 cm³/mol. The van der Waals surface area contributed by atoms with Gasteiger partial charge in [0.25, 0.3) is 0 Å². The Bertz CT molecular complexity index is 967. The molecule has 0 unspecified atom stereocenters. The summed E-state index contributed by atoms with van der Waals surface area (Å²) in [5.74, 6) is -1.26. The summed E-state index contributed by atoms with van der Waals surface area (Å²) in [6.45, 7) is 0. The summed E-state index contributed by atoms with van der Waals surface area (Å²) in [6, 6.07) is 6.29. The lowest BCUT2D eigenvalue weighted by atomic mass is 10.00. The first kappa shape index (κ1) is 12.9. The average molecular weight is 284 g/mol. The van der Waals surface area contributed by atoms with Crippen LogP contribution in [-0.4, -0.2) is 22.8 Å². The molecule has 0 atom stereocenters. The van der Waals surface area contributed by atoms with E-state index in [-0.39, 0.29) is 34.5 Å².